The van der Waals surface area contributed by atoms with Crippen molar-refractivity contribution in [2.45, 2.75) is 13.2 Å². The standard InChI is InChI=1S/C24H19BrN2O4/c25-17-7-8-18-19(11-17)20(24(30)27-23(18)29)13-26-12-16-6-9-22(21(28)10-16)31-14-15-4-2-1-3-5-15/h1-11,13,26,28H,12,14H2,(H,27,29,30)/b20-13-. The molecular weight excluding hydrogens is 460 g/mol. The lowest BCUT2D eigenvalue weighted by Gasteiger charge is -2.18. The van der Waals surface area contributed by atoms with Crippen LogP contribution in [0.2, 0.25) is 0 Å². The average molecular weight is 479 g/mol. The molecule has 1 aliphatic heterocycles. The first kappa shape index (κ1) is 20.7. The van der Waals surface area contributed by atoms with Crippen LogP contribution >= 0.6 is 15.9 Å². The Morgan fingerprint density at radius 1 is 0.935 bits per heavy atom. The second-order valence-electron chi connectivity index (χ2n) is 6.99. The molecule has 3 aromatic rings. The van der Waals surface area contributed by atoms with E-state index in [1.807, 2.05) is 36.4 Å². The first-order valence-corrected chi connectivity index (χ1v) is 10.4. The van der Waals surface area contributed by atoms with E-state index in [1.54, 1.807) is 36.5 Å². The van der Waals surface area contributed by atoms with E-state index in [2.05, 4.69) is 26.6 Å². The lowest BCUT2D eigenvalue weighted by molar-refractivity contribution is -0.114. The van der Waals surface area contributed by atoms with Gasteiger partial charge < -0.3 is 15.2 Å². The molecule has 0 saturated carbocycles. The largest absolute Gasteiger partial charge is 0.504 e. The number of rotatable bonds is 6. The summed E-state index contributed by atoms with van der Waals surface area (Å²) in [5.41, 5.74) is 3.18. The van der Waals surface area contributed by atoms with Crippen LogP contribution < -0.4 is 15.4 Å². The summed E-state index contributed by atoms with van der Waals surface area (Å²) in [7, 11) is 0. The quantitative estimate of drug-likeness (QED) is 0.366. The molecule has 4 rings (SSSR count). The second-order valence-corrected chi connectivity index (χ2v) is 7.90. The van der Waals surface area contributed by atoms with Gasteiger partial charge in [-0.15, -0.1) is 0 Å². The summed E-state index contributed by atoms with van der Waals surface area (Å²) < 4.78 is 6.45. The van der Waals surface area contributed by atoms with Gasteiger partial charge >= 0.3 is 0 Å². The Morgan fingerprint density at radius 3 is 2.52 bits per heavy atom. The van der Waals surface area contributed by atoms with E-state index in [1.165, 1.54) is 0 Å². The highest BCUT2D eigenvalue weighted by atomic mass is 79.9. The van der Waals surface area contributed by atoms with E-state index in [4.69, 9.17) is 4.74 Å². The van der Waals surface area contributed by atoms with Crippen LogP contribution in [0.15, 0.2) is 77.4 Å². The summed E-state index contributed by atoms with van der Waals surface area (Å²) in [6.45, 7) is 0.738. The molecule has 156 valence electrons. The van der Waals surface area contributed by atoms with Gasteiger partial charge in [0.15, 0.2) is 11.5 Å². The number of carbonyl (C=O) groups excluding carboxylic acids is 2. The van der Waals surface area contributed by atoms with Gasteiger partial charge in [-0.2, -0.15) is 0 Å². The number of hydrogen-bond acceptors (Lipinski definition) is 5. The zero-order valence-electron chi connectivity index (χ0n) is 16.4. The molecule has 7 heteroatoms. The van der Waals surface area contributed by atoms with Crippen molar-refractivity contribution in [1.82, 2.24) is 10.6 Å². The maximum absolute atomic E-state index is 12.3. The minimum absolute atomic E-state index is 0.0400. The number of imide groups is 1. The SMILES string of the molecule is O=C1NC(=O)c2ccc(Br)cc2/C1=C/NCc1ccc(OCc2ccccc2)c(O)c1. The third-order valence-corrected chi connectivity index (χ3v) is 5.29. The molecule has 0 spiro atoms. The summed E-state index contributed by atoms with van der Waals surface area (Å²) >= 11 is 3.37. The van der Waals surface area contributed by atoms with Crippen LogP contribution in [-0.2, 0) is 17.9 Å². The van der Waals surface area contributed by atoms with Crippen LogP contribution in [-0.4, -0.2) is 16.9 Å². The molecule has 0 saturated heterocycles. The number of carbonyl (C=O) groups is 2. The van der Waals surface area contributed by atoms with E-state index in [0.29, 0.717) is 35.6 Å². The topological polar surface area (TPSA) is 87.7 Å². The van der Waals surface area contributed by atoms with Gasteiger partial charge in [0.2, 0.25) is 0 Å². The first-order valence-electron chi connectivity index (χ1n) is 9.59. The molecule has 0 radical (unpaired) electrons. The third-order valence-electron chi connectivity index (χ3n) is 4.80. The number of halogens is 1. The molecular formula is C24H19BrN2O4. The molecule has 2 amide bonds. The van der Waals surface area contributed by atoms with E-state index < -0.39 is 11.8 Å². The number of ether oxygens (including phenoxy) is 1. The van der Waals surface area contributed by atoms with Gasteiger partial charge in [0, 0.05) is 28.3 Å². The van der Waals surface area contributed by atoms with Crippen molar-refractivity contribution < 1.29 is 19.4 Å². The number of phenols is 1. The zero-order valence-corrected chi connectivity index (χ0v) is 18.0. The number of benzene rings is 3. The zero-order chi connectivity index (χ0) is 21.8. The Kier molecular flexibility index (Phi) is 6.04. The van der Waals surface area contributed by atoms with Crippen LogP contribution in [0.4, 0.5) is 0 Å². The maximum Gasteiger partial charge on any atom is 0.260 e. The molecule has 6 nitrogen and oxygen atoms in total. The number of fused-ring (bicyclic) bond motifs is 1. The van der Waals surface area contributed by atoms with Crippen LogP contribution in [0, 0.1) is 0 Å². The number of nitrogens with one attached hydrogen (secondary N) is 2. The Bertz CT molecular complexity index is 1180. The number of amides is 2. The van der Waals surface area contributed by atoms with Gasteiger partial charge in [-0.3, -0.25) is 14.9 Å². The highest BCUT2D eigenvalue weighted by Crippen LogP contribution is 2.29. The molecule has 0 unspecified atom stereocenters. The highest BCUT2D eigenvalue weighted by Gasteiger charge is 2.27. The van der Waals surface area contributed by atoms with Crippen molar-refractivity contribution in [3.8, 4) is 11.5 Å². The minimum atomic E-state index is -0.462. The maximum atomic E-state index is 12.3. The summed E-state index contributed by atoms with van der Waals surface area (Å²) in [5.74, 6) is -0.440. The third kappa shape index (κ3) is 4.78. The molecule has 0 aliphatic carbocycles. The van der Waals surface area contributed by atoms with E-state index >= 15 is 0 Å². The van der Waals surface area contributed by atoms with Crippen LogP contribution in [0.3, 0.4) is 0 Å². The van der Waals surface area contributed by atoms with Crippen molar-refractivity contribution in [2.75, 3.05) is 0 Å². The Labute approximate surface area is 187 Å². The van der Waals surface area contributed by atoms with Crippen molar-refractivity contribution >= 4 is 33.3 Å². The monoisotopic (exact) mass is 478 g/mol. The summed E-state index contributed by atoms with van der Waals surface area (Å²) in [4.78, 5) is 24.3. The smallest absolute Gasteiger partial charge is 0.260 e. The van der Waals surface area contributed by atoms with Gasteiger partial charge in [0.05, 0.1) is 5.57 Å². The van der Waals surface area contributed by atoms with Gasteiger partial charge in [-0.1, -0.05) is 52.3 Å². The summed E-state index contributed by atoms with van der Waals surface area (Å²) in [5, 5.41) is 15.7. The Hall–Kier alpha value is -3.58. The first-order chi connectivity index (χ1) is 15.0. The van der Waals surface area contributed by atoms with Crippen molar-refractivity contribution in [1.29, 1.82) is 0 Å². The van der Waals surface area contributed by atoms with Gasteiger partial charge in [-0.05, 0) is 41.5 Å². The lowest BCUT2D eigenvalue weighted by Crippen LogP contribution is -2.37. The minimum Gasteiger partial charge on any atom is -0.504 e. The molecule has 3 N–H and O–H groups in total. The van der Waals surface area contributed by atoms with Crippen molar-refractivity contribution in [3.63, 3.8) is 0 Å². The average Bonchev–Trinajstić information content (AvgIpc) is 2.76. The van der Waals surface area contributed by atoms with Crippen molar-refractivity contribution in [2.24, 2.45) is 0 Å². The molecule has 0 fully saturated rings. The summed E-state index contributed by atoms with van der Waals surface area (Å²) in [6.07, 6.45) is 1.57. The molecule has 3 aromatic carbocycles. The molecule has 0 aromatic heterocycles. The van der Waals surface area contributed by atoms with Gasteiger partial charge in [0.25, 0.3) is 11.8 Å². The highest BCUT2D eigenvalue weighted by molar-refractivity contribution is 9.10. The second kappa shape index (κ2) is 9.06. The van der Waals surface area contributed by atoms with E-state index in [9.17, 15) is 14.7 Å². The summed E-state index contributed by atoms with van der Waals surface area (Å²) in [6, 6.07) is 20.0. The number of aromatic hydroxyl groups is 1. The Morgan fingerprint density at radius 2 is 1.74 bits per heavy atom. The molecule has 0 atom stereocenters. The fourth-order valence-electron chi connectivity index (χ4n) is 3.24. The predicted molar refractivity (Wildman–Crippen MR) is 120 cm³/mol. The van der Waals surface area contributed by atoms with Gasteiger partial charge in [-0.25, -0.2) is 0 Å². The fourth-order valence-corrected chi connectivity index (χ4v) is 3.60. The fraction of sp³-hybridized carbons (Fsp3) is 0.0833. The molecule has 0 bridgehead atoms. The van der Waals surface area contributed by atoms with Crippen LogP contribution in [0.5, 0.6) is 11.5 Å². The van der Waals surface area contributed by atoms with Crippen LogP contribution in [0.1, 0.15) is 27.0 Å². The van der Waals surface area contributed by atoms with E-state index in [0.717, 1.165) is 15.6 Å². The lowest BCUT2D eigenvalue weighted by atomic mass is 9.95. The van der Waals surface area contributed by atoms with Gasteiger partial charge in [0.1, 0.15) is 6.61 Å². The molecule has 1 aliphatic rings. The Balaban J connectivity index is 1.44. The van der Waals surface area contributed by atoms with Crippen LogP contribution in [0.25, 0.3) is 5.57 Å². The number of phenolic OH excluding ortho intramolecular Hbond substituents is 1. The molecule has 31 heavy (non-hydrogen) atoms. The number of hydrogen-bond donors (Lipinski definition) is 3. The van der Waals surface area contributed by atoms with E-state index in [-0.39, 0.29) is 5.75 Å². The normalized spacial score (nSPS) is 14.2. The predicted octanol–water partition coefficient (Wildman–Crippen LogP) is 4.13. The van der Waals surface area contributed by atoms with Crippen molar-refractivity contribution in [3.05, 3.63) is 99.7 Å². The molecule has 1 heterocycles.